The summed E-state index contributed by atoms with van der Waals surface area (Å²) >= 11 is 0. The predicted octanol–water partition coefficient (Wildman–Crippen LogP) is -1.01. The summed E-state index contributed by atoms with van der Waals surface area (Å²) in [4.78, 5) is 34.8. The molecule has 1 N–H and O–H groups in total. The van der Waals surface area contributed by atoms with Gasteiger partial charge < -0.3 is 15.2 Å². The van der Waals surface area contributed by atoms with Gasteiger partial charge in [0.05, 0.1) is 0 Å². The summed E-state index contributed by atoms with van der Waals surface area (Å²) in [5, 5.41) is 13.0. The molecular weight excluding hydrogens is 212 g/mol. The van der Waals surface area contributed by atoms with Gasteiger partial charge in [0.1, 0.15) is 5.54 Å². The molecule has 0 aromatic rings. The quantitative estimate of drug-likeness (QED) is 0.623. The molecule has 0 aromatic heterocycles. The molecule has 0 atom stereocenters. The average molecular weight is 225 g/mol. The molecule has 0 radical (unpaired) electrons. The number of nitrogens with zero attached hydrogens (tertiary/aromatic N) is 1. The molecule has 1 aliphatic heterocycles. The van der Waals surface area contributed by atoms with Crippen LogP contribution in [0.25, 0.3) is 0 Å². The summed E-state index contributed by atoms with van der Waals surface area (Å²) in [6.07, 6.45) is 2.83. The van der Waals surface area contributed by atoms with Gasteiger partial charge in [-0.1, -0.05) is 12.8 Å². The summed E-state index contributed by atoms with van der Waals surface area (Å²) in [5.41, 5.74) is -0.747. The number of carbonyl (C=O) groups is 3. The van der Waals surface area contributed by atoms with E-state index in [0.717, 1.165) is 17.7 Å². The molecule has 6 heteroatoms. The maximum absolute atomic E-state index is 12.0. The molecule has 0 bridgehead atoms. The zero-order chi connectivity index (χ0) is 11.8. The Morgan fingerprint density at radius 1 is 1.38 bits per heavy atom. The van der Waals surface area contributed by atoms with Gasteiger partial charge in [0.2, 0.25) is 0 Å². The van der Waals surface area contributed by atoms with Gasteiger partial charge in [0.25, 0.3) is 5.91 Å². The summed E-state index contributed by atoms with van der Waals surface area (Å²) < 4.78 is 0. The third-order valence-corrected chi connectivity index (χ3v) is 3.24. The predicted molar refractivity (Wildman–Crippen MR) is 51.1 cm³/mol. The molecule has 6 nitrogen and oxygen atoms in total. The van der Waals surface area contributed by atoms with Crippen molar-refractivity contribution in [1.82, 2.24) is 10.2 Å². The van der Waals surface area contributed by atoms with Crippen molar-refractivity contribution in [2.45, 2.75) is 37.6 Å². The van der Waals surface area contributed by atoms with Crippen LogP contribution in [0.15, 0.2) is 0 Å². The number of urea groups is 1. The Kier molecular flexibility index (Phi) is 2.57. The van der Waals surface area contributed by atoms with Gasteiger partial charge in [-0.2, -0.15) is 0 Å². The standard InChI is InChI=1S/C10H14N2O4/c13-7(14)3-6-12-8(15)10(11-9(12)16)4-1-2-5-10/h1-6H2,(H,11,16)(H,13,14)/p-1. The third kappa shape index (κ3) is 1.64. The van der Waals surface area contributed by atoms with Gasteiger partial charge in [0, 0.05) is 18.9 Å². The second-order valence-electron chi connectivity index (χ2n) is 4.30. The number of carbonyl (C=O) groups excluding carboxylic acids is 3. The van der Waals surface area contributed by atoms with Gasteiger partial charge in [0.15, 0.2) is 0 Å². The number of imide groups is 1. The number of aliphatic carboxylic acids is 1. The second-order valence-corrected chi connectivity index (χ2v) is 4.30. The van der Waals surface area contributed by atoms with Gasteiger partial charge in [-0.15, -0.1) is 0 Å². The van der Waals surface area contributed by atoms with E-state index in [2.05, 4.69) is 5.32 Å². The average Bonchev–Trinajstić information content (AvgIpc) is 2.74. The van der Waals surface area contributed by atoms with E-state index >= 15 is 0 Å². The Morgan fingerprint density at radius 3 is 2.56 bits per heavy atom. The minimum Gasteiger partial charge on any atom is -0.550 e. The molecule has 2 rings (SSSR count). The Balaban J connectivity index is 2.07. The molecule has 88 valence electrons. The van der Waals surface area contributed by atoms with E-state index in [-0.39, 0.29) is 18.9 Å². The number of nitrogens with one attached hydrogen (secondary N) is 1. The van der Waals surface area contributed by atoms with Crippen LogP contribution in [0.3, 0.4) is 0 Å². The number of rotatable bonds is 3. The van der Waals surface area contributed by atoms with Gasteiger partial charge in [-0.05, 0) is 12.8 Å². The summed E-state index contributed by atoms with van der Waals surface area (Å²) in [6, 6.07) is -0.479. The van der Waals surface area contributed by atoms with Gasteiger partial charge in [-0.25, -0.2) is 4.79 Å². The highest BCUT2D eigenvalue weighted by Gasteiger charge is 2.51. The van der Waals surface area contributed by atoms with E-state index in [0.29, 0.717) is 12.8 Å². The maximum Gasteiger partial charge on any atom is 0.325 e. The lowest BCUT2D eigenvalue weighted by Crippen LogP contribution is -2.44. The van der Waals surface area contributed by atoms with Crippen LogP contribution in [0.5, 0.6) is 0 Å². The number of carboxylic acids is 1. The zero-order valence-electron chi connectivity index (χ0n) is 8.82. The van der Waals surface area contributed by atoms with Crippen molar-refractivity contribution in [3.8, 4) is 0 Å². The van der Waals surface area contributed by atoms with E-state index in [1.807, 2.05) is 0 Å². The van der Waals surface area contributed by atoms with Crippen molar-refractivity contribution in [1.29, 1.82) is 0 Å². The smallest absolute Gasteiger partial charge is 0.325 e. The van der Waals surface area contributed by atoms with Crippen LogP contribution in [0.2, 0.25) is 0 Å². The maximum atomic E-state index is 12.0. The highest BCUT2D eigenvalue weighted by Crippen LogP contribution is 2.34. The molecule has 1 heterocycles. The zero-order valence-corrected chi connectivity index (χ0v) is 8.82. The minimum atomic E-state index is -1.26. The lowest BCUT2D eigenvalue weighted by atomic mass is 9.98. The van der Waals surface area contributed by atoms with Crippen molar-refractivity contribution in [2.75, 3.05) is 6.54 Å². The molecule has 1 saturated heterocycles. The molecule has 0 unspecified atom stereocenters. The first-order valence-electron chi connectivity index (χ1n) is 5.39. The first-order valence-corrected chi connectivity index (χ1v) is 5.39. The third-order valence-electron chi connectivity index (χ3n) is 3.24. The van der Waals surface area contributed by atoms with E-state index in [4.69, 9.17) is 0 Å². The minimum absolute atomic E-state index is 0.102. The summed E-state index contributed by atoms with van der Waals surface area (Å²) in [5.74, 6) is -1.54. The van der Waals surface area contributed by atoms with Gasteiger partial charge >= 0.3 is 6.03 Å². The summed E-state index contributed by atoms with van der Waals surface area (Å²) in [6.45, 7) is -0.102. The Morgan fingerprint density at radius 2 is 2.00 bits per heavy atom. The van der Waals surface area contributed by atoms with Crippen LogP contribution in [0.1, 0.15) is 32.1 Å². The van der Waals surface area contributed by atoms with Crippen molar-refractivity contribution >= 4 is 17.9 Å². The SMILES string of the molecule is O=C([O-])CCN1C(=O)NC2(CCCC2)C1=O. The highest BCUT2D eigenvalue weighted by atomic mass is 16.4. The van der Waals surface area contributed by atoms with E-state index in [1.165, 1.54) is 0 Å². The molecule has 2 fully saturated rings. The lowest BCUT2D eigenvalue weighted by molar-refractivity contribution is -0.305. The summed E-state index contributed by atoms with van der Waals surface area (Å²) in [7, 11) is 0. The largest absolute Gasteiger partial charge is 0.550 e. The number of hydrogen-bond acceptors (Lipinski definition) is 4. The van der Waals surface area contributed by atoms with Crippen LogP contribution >= 0.6 is 0 Å². The molecule has 0 aromatic carbocycles. The van der Waals surface area contributed by atoms with Crippen molar-refractivity contribution in [3.63, 3.8) is 0 Å². The fourth-order valence-corrected chi connectivity index (χ4v) is 2.40. The van der Waals surface area contributed by atoms with Gasteiger partial charge in [-0.3, -0.25) is 9.69 Å². The second kappa shape index (κ2) is 3.77. The van der Waals surface area contributed by atoms with Crippen molar-refractivity contribution in [2.24, 2.45) is 0 Å². The fraction of sp³-hybridized carbons (Fsp3) is 0.700. The number of amides is 3. The molecule has 3 amide bonds. The first kappa shape index (κ1) is 10.9. The highest BCUT2D eigenvalue weighted by molar-refractivity contribution is 6.07. The van der Waals surface area contributed by atoms with E-state index in [1.54, 1.807) is 0 Å². The van der Waals surface area contributed by atoms with E-state index < -0.39 is 17.5 Å². The Bertz CT molecular complexity index is 347. The normalized spacial score (nSPS) is 22.9. The van der Waals surface area contributed by atoms with Crippen LogP contribution in [0, 0.1) is 0 Å². The molecule has 1 spiro atoms. The van der Waals surface area contributed by atoms with Crippen LogP contribution in [-0.4, -0.2) is 34.9 Å². The molecule has 16 heavy (non-hydrogen) atoms. The molecular formula is C10H13N2O4-. The molecule has 1 saturated carbocycles. The van der Waals surface area contributed by atoms with Crippen molar-refractivity contribution in [3.05, 3.63) is 0 Å². The Hall–Kier alpha value is -1.59. The molecule has 2 aliphatic rings. The molecule has 1 aliphatic carbocycles. The topological polar surface area (TPSA) is 89.5 Å². The first-order chi connectivity index (χ1) is 7.55. The lowest BCUT2D eigenvalue weighted by Gasteiger charge is -2.20. The fourth-order valence-electron chi connectivity index (χ4n) is 2.40. The van der Waals surface area contributed by atoms with E-state index in [9.17, 15) is 19.5 Å². The van der Waals surface area contributed by atoms with Crippen LogP contribution in [0.4, 0.5) is 4.79 Å². The van der Waals surface area contributed by atoms with Crippen LogP contribution < -0.4 is 10.4 Å². The van der Waals surface area contributed by atoms with Crippen LogP contribution in [-0.2, 0) is 9.59 Å². The monoisotopic (exact) mass is 225 g/mol. The number of hydrogen-bond donors (Lipinski definition) is 1. The van der Waals surface area contributed by atoms with Crippen molar-refractivity contribution < 1.29 is 19.5 Å². The Labute approximate surface area is 92.6 Å². The number of carboxylic acid groups (broad SMARTS) is 1.